The van der Waals surface area contributed by atoms with Crippen molar-refractivity contribution in [1.82, 2.24) is 5.32 Å². The first-order valence-electron chi connectivity index (χ1n) is 8.37. The van der Waals surface area contributed by atoms with Gasteiger partial charge in [0.1, 0.15) is 11.9 Å². The molecule has 0 fully saturated rings. The van der Waals surface area contributed by atoms with Gasteiger partial charge in [-0.3, -0.25) is 9.59 Å². The first-order valence-corrected chi connectivity index (χ1v) is 8.37. The van der Waals surface area contributed by atoms with E-state index in [9.17, 15) is 18.8 Å². The van der Waals surface area contributed by atoms with E-state index in [1.165, 1.54) is 12.1 Å². The average Bonchev–Trinajstić information content (AvgIpc) is 2.52. The molecule has 0 saturated heterocycles. The van der Waals surface area contributed by atoms with Gasteiger partial charge >= 0.3 is 5.97 Å². The number of aliphatic carboxylic acids is 1. The van der Waals surface area contributed by atoms with Gasteiger partial charge in [-0.1, -0.05) is 33.6 Å². The number of unbranched alkanes of at least 4 members (excludes halogenated alkanes) is 1. The van der Waals surface area contributed by atoms with Crippen molar-refractivity contribution in [2.45, 2.75) is 52.5 Å². The highest BCUT2D eigenvalue weighted by Crippen LogP contribution is 2.17. The number of amides is 2. The maximum atomic E-state index is 14.1. The summed E-state index contributed by atoms with van der Waals surface area (Å²) in [5, 5.41) is 14.0. The fraction of sp³-hybridized carbons (Fsp3) is 0.500. The van der Waals surface area contributed by atoms with Gasteiger partial charge in [-0.15, -0.1) is 0 Å². The zero-order chi connectivity index (χ0) is 19.0. The van der Waals surface area contributed by atoms with Gasteiger partial charge in [0, 0.05) is 12.0 Å². The van der Waals surface area contributed by atoms with Crippen molar-refractivity contribution in [3.8, 4) is 0 Å². The molecule has 1 aromatic rings. The molecule has 0 aliphatic heterocycles. The number of anilines is 1. The Morgan fingerprint density at radius 3 is 2.44 bits per heavy atom. The molecule has 0 heterocycles. The smallest absolute Gasteiger partial charge is 0.326 e. The van der Waals surface area contributed by atoms with Crippen LogP contribution < -0.4 is 10.6 Å². The molecule has 0 aliphatic rings. The molecule has 6 nitrogen and oxygen atoms in total. The first kappa shape index (κ1) is 20.6. The Balaban J connectivity index is 2.79. The highest BCUT2D eigenvalue weighted by Gasteiger charge is 2.20. The van der Waals surface area contributed by atoms with Crippen LogP contribution in [0.2, 0.25) is 0 Å². The predicted molar refractivity (Wildman–Crippen MR) is 92.9 cm³/mol. The second-order valence-corrected chi connectivity index (χ2v) is 6.35. The molecule has 0 radical (unpaired) electrons. The molecule has 0 bridgehead atoms. The Kier molecular flexibility index (Phi) is 8.04. The average molecular weight is 352 g/mol. The molecule has 0 spiro atoms. The Hall–Kier alpha value is -2.44. The third-order valence-electron chi connectivity index (χ3n) is 3.55. The number of hydrogen-bond acceptors (Lipinski definition) is 3. The van der Waals surface area contributed by atoms with Crippen molar-refractivity contribution in [2.75, 3.05) is 5.32 Å². The summed E-state index contributed by atoms with van der Waals surface area (Å²) in [6.07, 6.45) is 2.04. The molecule has 3 N–H and O–H groups in total. The molecule has 1 unspecified atom stereocenters. The zero-order valence-electron chi connectivity index (χ0n) is 14.8. The summed E-state index contributed by atoms with van der Waals surface area (Å²) in [5.74, 6) is -2.70. The third-order valence-corrected chi connectivity index (χ3v) is 3.55. The molecule has 0 aromatic heterocycles. The maximum Gasteiger partial charge on any atom is 0.326 e. The maximum absolute atomic E-state index is 14.1. The lowest BCUT2D eigenvalue weighted by molar-refractivity contribution is -0.139. The van der Waals surface area contributed by atoms with Crippen LogP contribution in [0, 0.1) is 11.7 Å². The normalized spacial score (nSPS) is 11.9. The summed E-state index contributed by atoms with van der Waals surface area (Å²) >= 11 is 0. The molecule has 1 aromatic carbocycles. The molecule has 7 heteroatoms. The van der Waals surface area contributed by atoms with Crippen molar-refractivity contribution in [1.29, 1.82) is 0 Å². The van der Waals surface area contributed by atoms with Crippen molar-refractivity contribution in [2.24, 2.45) is 5.92 Å². The molecule has 1 rings (SSSR count). The van der Waals surface area contributed by atoms with Crippen LogP contribution >= 0.6 is 0 Å². The van der Waals surface area contributed by atoms with Gasteiger partial charge in [-0.05, 0) is 30.5 Å². The standard InChI is InChI=1S/C18H25FN2O4/c1-4-5-6-15(18(24)25)21-17(23)12-7-8-14(13(19)10-12)20-16(22)9-11(2)3/h7-8,10-11,15H,4-6,9H2,1-3H3,(H,20,22)(H,21,23)(H,24,25). The lowest BCUT2D eigenvalue weighted by Gasteiger charge is -2.14. The third kappa shape index (κ3) is 6.91. The van der Waals surface area contributed by atoms with E-state index in [-0.39, 0.29) is 29.5 Å². The monoisotopic (exact) mass is 352 g/mol. The number of hydrogen-bond donors (Lipinski definition) is 3. The van der Waals surface area contributed by atoms with Crippen molar-refractivity contribution < 1.29 is 23.9 Å². The Labute approximate surface area is 146 Å². The molecule has 138 valence electrons. The molecular weight excluding hydrogens is 327 g/mol. The van der Waals surface area contributed by atoms with Crippen LogP contribution in [0.15, 0.2) is 18.2 Å². The van der Waals surface area contributed by atoms with Crippen LogP contribution in [0.3, 0.4) is 0 Å². The Morgan fingerprint density at radius 2 is 1.92 bits per heavy atom. The minimum absolute atomic E-state index is 0.00195. The second kappa shape index (κ2) is 9.76. The van der Waals surface area contributed by atoms with Crippen molar-refractivity contribution in [3.63, 3.8) is 0 Å². The van der Waals surface area contributed by atoms with Gasteiger partial charge < -0.3 is 15.7 Å². The van der Waals surface area contributed by atoms with E-state index in [1.54, 1.807) is 0 Å². The van der Waals surface area contributed by atoms with Crippen LogP contribution in [0.5, 0.6) is 0 Å². The van der Waals surface area contributed by atoms with Crippen LogP contribution in [0.4, 0.5) is 10.1 Å². The van der Waals surface area contributed by atoms with E-state index >= 15 is 0 Å². The molecule has 2 amide bonds. The van der Waals surface area contributed by atoms with Gasteiger partial charge in [0.05, 0.1) is 5.69 Å². The Bertz CT molecular complexity index is 632. The summed E-state index contributed by atoms with van der Waals surface area (Å²) < 4.78 is 14.1. The van der Waals surface area contributed by atoms with Gasteiger partial charge in [-0.2, -0.15) is 0 Å². The highest BCUT2D eigenvalue weighted by molar-refractivity contribution is 5.97. The van der Waals surface area contributed by atoms with E-state index in [0.717, 1.165) is 12.5 Å². The minimum Gasteiger partial charge on any atom is -0.480 e. The summed E-state index contributed by atoms with van der Waals surface area (Å²) in [6, 6.07) is 2.62. The van der Waals surface area contributed by atoms with E-state index < -0.39 is 23.7 Å². The van der Waals surface area contributed by atoms with Gasteiger partial charge in [0.2, 0.25) is 5.91 Å². The summed E-state index contributed by atoms with van der Waals surface area (Å²) in [7, 11) is 0. The minimum atomic E-state index is -1.13. The SMILES string of the molecule is CCCCC(NC(=O)c1ccc(NC(=O)CC(C)C)c(F)c1)C(=O)O. The quantitative estimate of drug-likeness (QED) is 0.636. The topological polar surface area (TPSA) is 95.5 Å². The molecule has 0 aliphatic carbocycles. The molecule has 0 saturated carbocycles. The van der Waals surface area contributed by atoms with Crippen LogP contribution in [0.1, 0.15) is 56.8 Å². The number of nitrogens with one attached hydrogen (secondary N) is 2. The Morgan fingerprint density at radius 1 is 1.24 bits per heavy atom. The highest BCUT2D eigenvalue weighted by atomic mass is 19.1. The van der Waals surface area contributed by atoms with Crippen LogP contribution in [-0.4, -0.2) is 28.9 Å². The number of carboxylic acids is 1. The molecular formula is C18H25FN2O4. The summed E-state index contributed by atoms with van der Waals surface area (Å²) in [6.45, 7) is 5.67. The fourth-order valence-electron chi connectivity index (χ4n) is 2.24. The van der Waals surface area contributed by atoms with Crippen LogP contribution in [-0.2, 0) is 9.59 Å². The van der Waals surface area contributed by atoms with Gasteiger partial charge in [0.25, 0.3) is 5.91 Å². The van der Waals surface area contributed by atoms with Gasteiger partial charge in [-0.25, -0.2) is 9.18 Å². The number of carbonyl (C=O) groups is 3. The second-order valence-electron chi connectivity index (χ2n) is 6.35. The lowest BCUT2D eigenvalue weighted by Crippen LogP contribution is -2.40. The first-order chi connectivity index (χ1) is 11.7. The van der Waals surface area contributed by atoms with E-state index in [4.69, 9.17) is 5.11 Å². The fourth-order valence-corrected chi connectivity index (χ4v) is 2.24. The number of carboxylic acid groups (broad SMARTS) is 1. The van der Waals surface area contributed by atoms with Crippen molar-refractivity contribution in [3.05, 3.63) is 29.6 Å². The predicted octanol–water partition coefficient (Wildman–Crippen LogP) is 3.18. The molecule has 1 atom stereocenters. The number of benzene rings is 1. The van der Waals surface area contributed by atoms with Crippen LogP contribution in [0.25, 0.3) is 0 Å². The number of halogens is 1. The lowest BCUT2D eigenvalue weighted by atomic mass is 10.1. The van der Waals surface area contributed by atoms with Crippen molar-refractivity contribution >= 4 is 23.5 Å². The summed E-state index contributed by atoms with van der Waals surface area (Å²) in [5.41, 5.74) is -0.00919. The zero-order valence-corrected chi connectivity index (χ0v) is 14.8. The van der Waals surface area contributed by atoms with Gasteiger partial charge in [0.15, 0.2) is 0 Å². The molecule has 25 heavy (non-hydrogen) atoms. The largest absolute Gasteiger partial charge is 0.480 e. The van der Waals surface area contributed by atoms with E-state index in [0.29, 0.717) is 12.8 Å². The van der Waals surface area contributed by atoms with E-state index in [1.807, 2.05) is 20.8 Å². The number of rotatable bonds is 9. The summed E-state index contributed by atoms with van der Waals surface area (Å²) in [4.78, 5) is 35.0. The number of carbonyl (C=O) groups excluding carboxylic acids is 2. The van der Waals surface area contributed by atoms with E-state index in [2.05, 4.69) is 10.6 Å².